The second-order valence-corrected chi connectivity index (χ2v) is 4.90. The second-order valence-electron chi connectivity index (χ2n) is 4.90. The van der Waals surface area contributed by atoms with E-state index in [0.717, 1.165) is 5.56 Å². The van der Waals surface area contributed by atoms with Crippen molar-refractivity contribution in [3.8, 4) is 0 Å². The van der Waals surface area contributed by atoms with E-state index >= 15 is 0 Å². The SMILES string of the molecule is COCc1nc(N)cc(NC(C)c2ccc(C)c(F)c2)n1. The molecule has 1 atom stereocenters. The molecular weight excluding hydrogens is 271 g/mol. The van der Waals surface area contributed by atoms with E-state index in [4.69, 9.17) is 10.5 Å². The lowest BCUT2D eigenvalue weighted by Crippen LogP contribution is -2.11. The van der Waals surface area contributed by atoms with E-state index in [9.17, 15) is 4.39 Å². The Labute approximate surface area is 123 Å². The van der Waals surface area contributed by atoms with Crippen molar-refractivity contribution in [2.75, 3.05) is 18.2 Å². The molecule has 1 heterocycles. The first-order chi connectivity index (χ1) is 9.99. The van der Waals surface area contributed by atoms with Gasteiger partial charge in [-0.3, -0.25) is 0 Å². The Hall–Kier alpha value is -2.21. The smallest absolute Gasteiger partial charge is 0.158 e. The summed E-state index contributed by atoms with van der Waals surface area (Å²) in [6.07, 6.45) is 0. The molecule has 0 bridgehead atoms. The lowest BCUT2D eigenvalue weighted by atomic mass is 10.1. The normalized spacial score (nSPS) is 12.2. The van der Waals surface area contributed by atoms with Gasteiger partial charge in [0.05, 0.1) is 6.04 Å². The van der Waals surface area contributed by atoms with Crippen molar-refractivity contribution >= 4 is 11.6 Å². The molecule has 1 aromatic heterocycles. The zero-order valence-corrected chi connectivity index (χ0v) is 12.4. The molecule has 0 aliphatic carbocycles. The Morgan fingerprint density at radius 1 is 1.33 bits per heavy atom. The van der Waals surface area contributed by atoms with Gasteiger partial charge in [-0.1, -0.05) is 12.1 Å². The summed E-state index contributed by atoms with van der Waals surface area (Å²) in [6.45, 7) is 3.95. The predicted molar refractivity (Wildman–Crippen MR) is 80.3 cm³/mol. The lowest BCUT2D eigenvalue weighted by molar-refractivity contribution is 0.178. The Bertz CT molecular complexity index is 633. The van der Waals surface area contributed by atoms with Crippen molar-refractivity contribution < 1.29 is 9.13 Å². The van der Waals surface area contributed by atoms with E-state index in [2.05, 4.69) is 15.3 Å². The summed E-state index contributed by atoms with van der Waals surface area (Å²) in [5.74, 6) is 1.23. The first kappa shape index (κ1) is 15.2. The van der Waals surface area contributed by atoms with Gasteiger partial charge in [0, 0.05) is 13.2 Å². The Morgan fingerprint density at radius 2 is 2.10 bits per heavy atom. The Kier molecular flexibility index (Phi) is 4.70. The van der Waals surface area contributed by atoms with Crippen LogP contribution in [0.4, 0.5) is 16.0 Å². The second kappa shape index (κ2) is 6.49. The molecular formula is C15H19FN4O. The summed E-state index contributed by atoms with van der Waals surface area (Å²) in [7, 11) is 1.57. The number of ether oxygens (including phenoxy) is 1. The molecule has 0 amide bonds. The average Bonchev–Trinajstić information content (AvgIpc) is 2.41. The molecule has 0 aliphatic heterocycles. The molecule has 2 rings (SSSR count). The molecule has 1 unspecified atom stereocenters. The van der Waals surface area contributed by atoms with Crippen molar-refractivity contribution in [2.45, 2.75) is 26.5 Å². The van der Waals surface area contributed by atoms with E-state index in [0.29, 0.717) is 23.0 Å². The molecule has 0 spiro atoms. The molecule has 3 N–H and O–H groups in total. The zero-order valence-electron chi connectivity index (χ0n) is 12.4. The fourth-order valence-corrected chi connectivity index (χ4v) is 1.97. The van der Waals surface area contributed by atoms with E-state index < -0.39 is 0 Å². The van der Waals surface area contributed by atoms with Crippen LogP contribution in [0.25, 0.3) is 0 Å². The molecule has 2 aromatic rings. The van der Waals surface area contributed by atoms with Gasteiger partial charge >= 0.3 is 0 Å². The average molecular weight is 290 g/mol. The van der Waals surface area contributed by atoms with Gasteiger partial charge in [0.1, 0.15) is 24.1 Å². The van der Waals surface area contributed by atoms with E-state index in [1.165, 1.54) is 6.07 Å². The molecule has 5 nitrogen and oxygen atoms in total. The van der Waals surface area contributed by atoms with Crippen molar-refractivity contribution in [3.63, 3.8) is 0 Å². The molecule has 0 aliphatic rings. The van der Waals surface area contributed by atoms with Crippen LogP contribution in [0, 0.1) is 12.7 Å². The number of nitrogens with zero attached hydrogens (tertiary/aromatic N) is 2. The van der Waals surface area contributed by atoms with Crippen LogP contribution in [-0.4, -0.2) is 17.1 Å². The quantitative estimate of drug-likeness (QED) is 0.886. The third-order valence-electron chi connectivity index (χ3n) is 3.13. The van der Waals surface area contributed by atoms with Crippen molar-refractivity contribution in [1.29, 1.82) is 0 Å². The number of benzene rings is 1. The standard InChI is InChI=1S/C15H19FN4O/c1-9-4-5-11(6-12(9)16)10(2)18-14-7-13(17)19-15(20-14)8-21-3/h4-7,10H,8H2,1-3H3,(H3,17,18,19,20). The van der Waals surface area contributed by atoms with Gasteiger partial charge in [0.15, 0.2) is 5.82 Å². The number of halogens is 1. The van der Waals surface area contributed by atoms with Gasteiger partial charge in [-0.05, 0) is 31.0 Å². The highest BCUT2D eigenvalue weighted by Gasteiger charge is 2.10. The number of aryl methyl sites for hydroxylation is 1. The maximum Gasteiger partial charge on any atom is 0.158 e. The molecule has 21 heavy (non-hydrogen) atoms. The number of aromatic nitrogens is 2. The molecule has 0 radical (unpaired) electrons. The number of nitrogens with two attached hydrogens (primary N) is 1. The fourth-order valence-electron chi connectivity index (χ4n) is 1.97. The molecule has 1 aromatic carbocycles. The van der Waals surface area contributed by atoms with Crippen molar-refractivity contribution in [3.05, 3.63) is 47.0 Å². The Morgan fingerprint density at radius 3 is 2.76 bits per heavy atom. The molecule has 112 valence electrons. The third-order valence-corrected chi connectivity index (χ3v) is 3.13. The number of hydrogen-bond acceptors (Lipinski definition) is 5. The van der Waals surface area contributed by atoms with Gasteiger partial charge in [-0.15, -0.1) is 0 Å². The van der Waals surface area contributed by atoms with Gasteiger partial charge < -0.3 is 15.8 Å². The summed E-state index contributed by atoms with van der Waals surface area (Å²) in [6, 6.07) is 6.70. The van der Waals surface area contributed by atoms with E-state index in [-0.39, 0.29) is 18.5 Å². The monoisotopic (exact) mass is 290 g/mol. The van der Waals surface area contributed by atoms with Crippen LogP contribution in [0.15, 0.2) is 24.3 Å². The maximum absolute atomic E-state index is 13.6. The summed E-state index contributed by atoms with van der Waals surface area (Å²) in [5.41, 5.74) is 7.20. The van der Waals surface area contributed by atoms with Crippen LogP contribution in [0.5, 0.6) is 0 Å². The highest BCUT2D eigenvalue weighted by Crippen LogP contribution is 2.21. The van der Waals surface area contributed by atoms with Crippen LogP contribution in [0.2, 0.25) is 0 Å². The number of methoxy groups -OCH3 is 1. The van der Waals surface area contributed by atoms with Gasteiger partial charge in [-0.25, -0.2) is 14.4 Å². The first-order valence-corrected chi connectivity index (χ1v) is 6.64. The molecule has 0 saturated heterocycles. The minimum Gasteiger partial charge on any atom is -0.384 e. The number of anilines is 2. The largest absolute Gasteiger partial charge is 0.384 e. The van der Waals surface area contributed by atoms with Gasteiger partial charge in [-0.2, -0.15) is 0 Å². The highest BCUT2D eigenvalue weighted by molar-refractivity contribution is 5.46. The zero-order chi connectivity index (χ0) is 15.4. The van der Waals surface area contributed by atoms with Crippen molar-refractivity contribution in [1.82, 2.24) is 9.97 Å². The van der Waals surface area contributed by atoms with Crippen LogP contribution in [0.1, 0.15) is 29.9 Å². The molecule has 6 heteroatoms. The summed E-state index contributed by atoms with van der Waals surface area (Å²) in [5, 5.41) is 3.19. The van der Waals surface area contributed by atoms with Crippen molar-refractivity contribution in [2.24, 2.45) is 0 Å². The summed E-state index contributed by atoms with van der Waals surface area (Å²) in [4.78, 5) is 8.38. The van der Waals surface area contributed by atoms with Crippen LogP contribution in [0.3, 0.4) is 0 Å². The van der Waals surface area contributed by atoms with E-state index in [1.807, 2.05) is 13.0 Å². The number of nitrogen functional groups attached to an aromatic ring is 1. The first-order valence-electron chi connectivity index (χ1n) is 6.64. The van der Waals surface area contributed by atoms with Gasteiger partial charge in [0.25, 0.3) is 0 Å². The minimum absolute atomic E-state index is 0.107. The molecule has 0 fully saturated rings. The number of nitrogens with one attached hydrogen (secondary N) is 1. The topological polar surface area (TPSA) is 73.1 Å². The fraction of sp³-hybridized carbons (Fsp3) is 0.333. The minimum atomic E-state index is -0.219. The molecule has 0 saturated carbocycles. The number of rotatable bonds is 5. The Balaban J connectivity index is 2.18. The van der Waals surface area contributed by atoms with Gasteiger partial charge in [0.2, 0.25) is 0 Å². The van der Waals surface area contributed by atoms with Crippen LogP contribution < -0.4 is 11.1 Å². The summed E-state index contributed by atoms with van der Waals surface area (Å²) >= 11 is 0. The predicted octanol–water partition coefficient (Wildman–Crippen LogP) is 2.83. The maximum atomic E-state index is 13.6. The van der Waals surface area contributed by atoms with E-state index in [1.54, 1.807) is 26.2 Å². The number of hydrogen-bond donors (Lipinski definition) is 2. The summed E-state index contributed by atoms with van der Waals surface area (Å²) < 4.78 is 18.6. The highest BCUT2D eigenvalue weighted by atomic mass is 19.1. The third kappa shape index (κ3) is 3.88. The lowest BCUT2D eigenvalue weighted by Gasteiger charge is -2.16. The van der Waals surface area contributed by atoms with Crippen LogP contribution in [-0.2, 0) is 11.3 Å². The van der Waals surface area contributed by atoms with Crippen LogP contribution >= 0.6 is 0 Å².